The summed E-state index contributed by atoms with van der Waals surface area (Å²) in [4.78, 5) is 77.7. The van der Waals surface area contributed by atoms with Crippen LogP contribution in [0.5, 0.6) is 0 Å². The molecule has 16 nitrogen and oxygen atoms in total. The van der Waals surface area contributed by atoms with E-state index in [1.54, 1.807) is 12.1 Å². The second-order valence-electron chi connectivity index (χ2n) is 9.65. The number of anilines is 2. The van der Waals surface area contributed by atoms with Crippen LogP contribution in [0.4, 0.5) is 24.0 Å². The van der Waals surface area contributed by atoms with Crippen molar-refractivity contribution < 1.29 is 57.4 Å². The molecule has 1 aromatic carbocycles. The highest BCUT2D eigenvalue weighted by atomic mass is 32.2. The largest absolute Gasteiger partial charge is 0.490 e. The molecule has 3 aliphatic heterocycles. The molecule has 2 aromatic rings. The smallest absolute Gasteiger partial charge is 0.477 e. The van der Waals surface area contributed by atoms with Crippen molar-refractivity contribution >= 4 is 75.2 Å². The molecule has 0 bridgehead atoms. The van der Waals surface area contributed by atoms with Gasteiger partial charge in [0.2, 0.25) is 5.91 Å². The second-order valence-corrected chi connectivity index (χ2v) is 11.6. The van der Waals surface area contributed by atoms with Crippen molar-refractivity contribution in [1.29, 1.82) is 0 Å². The number of thiazole rings is 1. The van der Waals surface area contributed by atoms with E-state index >= 15 is 0 Å². The standard InChI is InChI=1S/C24H21N7O7S2.C2HF3O2/c25-18(32)10-1-3-13(4-2-10)30-6-5-11(20(30)34)7-12-8-39-22-16(21(35)31(22)17(12)23(36)37)28-19(33)15(29-38)14-9-40-24(26)27-14;3-2(4,5)1(6)7/h1-4,7,9,16,22,38H,5-6,8H2,(H2,25,32)(H2,26,27)(H,28,33)(H,36,37);(H,6,7)/b11-7+,29-15-;/t16-,22-;/m1./s1. The van der Waals surface area contributed by atoms with E-state index < -0.39 is 53.0 Å². The maximum Gasteiger partial charge on any atom is 0.490 e. The fraction of sp³-hybridized carbons (Fsp3) is 0.231. The summed E-state index contributed by atoms with van der Waals surface area (Å²) >= 11 is 2.26. The number of carboxylic acids is 2. The Labute approximate surface area is 269 Å². The predicted octanol–water partition coefficient (Wildman–Crippen LogP) is 0.738. The molecule has 4 heterocycles. The summed E-state index contributed by atoms with van der Waals surface area (Å²) in [6.07, 6.45) is -3.24. The Kier molecular flexibility index (Phi) is 9.89. The van der Waals surface area contributed by atoms with E-state index in [-0.39, 0.29) is 33.8 Å². The Morgan fingerprint density at radius 3 is 2.28 bits per heavy atom. The third-order valence-electron chi connectivity index (χ3n) is 6.75. The third-order valence-corrected chi connectivity index (χ3v) is 8.72. The lowest BCUT2D eigenvalue weighted by Gasteiger charge is -2.49. The lowest BCUT2D eigenvalue weighted by atomic mass is 10.0. The molecular weight excluding hydrogens is 675 g/mol. The summed E-state index contributed by atoms with van der Waals surface area (Å²) in [5.41, 5.74) is 11.7. The number of rotatable bonds is 7. The number of aliphatic carboxylic acids is 2. The van der Waals surface area contributed by atoms with Crippen molar-refractivity contribution in [3.05, 3.63) is 63.8 Å². The number of nitrogens with zero attached hydrogens (tertiary/aromatic N) is 4. The minimum atomic E-state index is -5.08. The van der Waals surface area contributed by atoms with Crippen molar-refractivity contribution in [2.45, 2.75) is 24.0 Å². The van der Waals surface area contributed by atoms with Crippen LogP contribution >= 0.6 is 23.1 Å². The number of carbonyl (C=O) groups is 6. The number of halogens is 3. The highest BCUT2D eigenvalue weighted by Gasteiger charge is 2.54. The zero-order valence-electron chi connectivity index (χ0n) is 23.4. The van der Waals surface area contributed by atoms with Crippen LogP contribution in [0.15, 0.2) is 57.7 Å². The Morgan fingerprint density at radius 1 is 1.13 bits per heavy atom. The molecule has 5 rings (SSSR count). The van der Waals surface area contributed by atoms with Crippen LogP contribution < -0.4 is 21.7 Å². The fourth-order valence-corrected chi connectivity index (χ4v) is 6.44. The first kappa shape index (κ1) is 34.4. The molecular formula is C26H22F3N7O9S2. The number of thioether (sulfide) groups is 1. The molecule has 0 spiro atoms. The number of allylic oxidation sites excluding steroid dienone is 1. The summed E-state index contributed by atoms with van der Waals surface area (Å²) < 4.78 is 31.7. The molecule has 4 amide bonds. The lowest BCUT2D eigenvalue weighted by Crippen LogP contribution is -2.71. The van der Waals surface area contributed by atoms with Gasteiger partial charge in [0.05, 0.1) is 0 Å². The van der Waals surface area contributed by atoms with E-state index in [1.807, 2.05) is 0 Å². The Hall–Kier alpha value is -5.44. The Morgan fingerprint density at radius 2 is 1.77 bits per heavy atom. The molecule has 21 heteroatoms. The van der Waals surface area contributed by atoms with E-state index in [0.717, 1.165) is 16.2 Å². The topological polar surface area (TPSA) is 259 Å². The SMILES string of the molecule is NC(=O)c1ccc(N2CC/C(=C\C3=C(C(=O)O)N4C(=O)[C@@H](NC(=O)/C(=N\O)c5csc(N)n5)[C@H]4SC3)C2=O)cc1.O=C(O)C(F)(F)F. The van der Waals surface area contributed by atoms with Crippen molar-refractivity contribution in [3.8, 4) is 0 Å². The van der Waals surface area contributed by atoms with E-state index in [9.17, 15) is 47.5 Å². The van der Waals surface area contributed by atoms with Crippen LogP contribution in [-0.2, 0) is 24.0 Å². The van der Waals surface area contributed by atoms with Gasteiger partial charge >= 0.3 is 18.1 Å². The fourth-order valence-electron chi connectivity index (χ4n) is 4.58. The monoisotopic (exact) mass is 697 g/mol. The molecule has 0 radical (unpaired) electrons. The molecule has 2 saturated heterocycles. The predicted molar refractivity (Wildman–Crippen MR) is 158 cm³/mol. The zero-order chi connectivity index (χ0) is 34.8. The van der Waals surface area contributed by atoms with Gasteiger partial charge in [0.1, 0.15) is 22.8 Å². The van der Waals surface area contributed by atoms with Gasteiger partial charge in [-0.1, -0.05) is 5.16 Å². The van der Waals surface area contributed by atoms with Crippen molar-refractivity contribution in [1.82, 2.24) is 15.2 Å². The number of amides is 4. The number of hydrogen-bond acceptors (Lipinski definition) is 12. The van der Waals surface area contributed by atoms with Gasteiger partial charge in [-0.3, -0.25) is 24.1 Å². The number of nitrogen functional groups attached to an aromatic ring is 1. The average molecular weight is 698 g/mol. The van der Waals surface area contributed by atoms with Crippen LogP contribution in [0.25, 0.3) is 0 Å². The molecule has 2 fully saturated rings. The van der Waals surface area contributed by atoms with E-state index in [1.165, 1.54) is 40.3 Å². The Bertz CT molecular complexity index is 1760. The first-order valence-corrected chi connectivity index (χ1v) is 14.9. The number of benzene rings is 1. The van der Waals surface area contributed by atoms with Crippen LogP contribution in [0, 0.1) is 0 Å². The number of nitrogens with one attached hydrogen (secondary N) is 1. The molecule has 0 aliphatic carbocycles. The molecule has 0 saturated carbocycles. The van der Waals surface area contributed by atoms with Gasteiger partial charge in [0, 0.05) is 34.5 Å². The van der Waals surface area contributed by atoms with E-state index in [4.69, 9.17) is 21.4 Å². The van der Waals surface area contributed by atoms with Crippen molar-refractivity contribution in [3.63, 3.8) is 0 Å². The highest BCUT2D eigenvalue weighted by molar-refractivity contribution is 8.00. The van der Waals surface area contributed by atoms with Gasteiger partial charge in [-0.15, -0.1) is 23.1 Å². The van der Waals surface area contributed by atoms with Crippen LogP contribution in [0.2, 0.25) is 0 Å². The van der Waals surface area contributed by atoms with Crippen LogP contribution in [0.1, 0.15) is 22.5 Å². The number of aromatic nitrogens is 1. The zero-order valence-corrected chi connectivity index (χ0v) is 25.1. The highest BCUT2D eigenvalue weighted by Crippen LogP contribution is 2.41. The van der Waals surface area contributed by atoms with Gasteiger partial charge in [0.25, 0.3) is 17.7 Å². The maximum atomic E-state index is 13.1. The Balaban J connectivity index is 0.000000644. The number of alkyl halides is 3. The van der Waals surface area contributed by atoms with Gasteiger partial charge in [-0.05, 0) is 42.3 Å². The van der Waals surface area contributed by atoms with Crippen molar-refractivity contribution in [2.24, 2.45) is 10.9 Å². The second kappa shape index (κ2) is 13.5. The number of hydrogen-bond donors (Lipinski definition) is 6. The first-order chi connectivity index (χ1) is 22.0. The number of carboxylic acid groups (broad SMARTS) is 2. The number of oxime groups is 1. The molecule has 47 heavy (non-hydrogen) atoms. The third kappa shape index (κ3) is 7.19. The molecule has 2 atom stereocenters. The lowest BCUT2D eigenvalue weighted by molar-refractivity contribution is -0.192. The molecule has 248 valence electrons. The summed E-state index contributed by atoms with van der Waals surface area (Å²) in [7, 11) is 0. The molecule has 0 unspecified atom stereocenters. The van der Waals surface area contributed by atoms with E-state index in [0.29, 0.717) is 29.8 Å². The molecule has 1 aromatic heterocycles. The summed E-state index contributed by atoms with van der Waals surface area (Å²) in [6.45, 7) is 0.349. The van der Waals surface area contributed by atoms with Gasteiger partial charge in [-0.25, -0.2) is 14.6 Å². The number of β-lactam (4-membered cyclic amide) rings is 1. The number of nitrogens with two attached hydrogens (primary N) is 2. The van der Waals surface area contributed by atoms with Crippen molar-refractivity contribution in [2.75, 3.05) is 22.9 Å². The van der Waals surface area contributed by atoms with E-state index in [2.05, 4.69) is 15.5 Å². The summed E-state index contributed by atoms with van der Waals surface area (Å²) in [5, 5.41) is 32.7. The minimum Gasteiger partial charge on any atom is -0.477 e. The van der Waals surface area contributed by atoms with Crippen LogP contribution in [-0.4, -0.2) is 96.5 Å². The number of fused-ring (bicyclic) bond motifs is 1. The quantitative estimate of drug-likeness (QED) is 0.0770. The van der Waals surface area contributed by atoms with Gasteiger partial charge < -0.3 is 37.1 Å². The first-order valence-electron chi connectivity index (χ1n) is 12.9. The number of primary amides is 1. The maximum absolute atomic E-state index is 13.1. The normalized spacial score (nSPS) is 20.3. The average Bonchev–Trinajstić information content (AvgIpc) is 3.60. The number of carbonyl (C=O) groups excluding carboxylic acids is 4. The van der Waals surface area contributed by atoms with Gasteiger partial charge in [0.15, 0.2) is 10.8 Å². The molecule has 8 N–H and O–H groups in total. The molecule has 3 aliphatic rings. The summed E-state index contributed by atoms with van der Waals surface area (Å²) in [6, 6.07) is 5.17. The minimum absolute atomic E-state index is 0.0292. The summed E-state index contributed by atoms with van der Waals surface area (Å²) in [5.74, 6) is -6.40. The van der Waals surface area contributed by atoms with Crippen LogP contribution in [0.3, 0.4) is 0 Å². The van der Waals surface area contributed by atoms with Gasteiger partial charge in [-0.2, -0.15) is 13.2 Å².